The normalized spacial score (nSPS) is 18.2. The second kappa shape index (κ2) is 6.64. The van der Waals surface area contributed by atoms with Crippen LogP contribution in [0.1, 0.15) is 41.1 Å². The third-order valence-corrected chi connectivity index (χ3v) is 5.38. The van der Waals surface area contributed by atoms with Gasteiger partial charge in [0.2, 0.25) is 5.91 Å². The molecule has 1 heterocycles. The van der Waals surface area contributed by atoms with Crippen LogP contribution in [0, 0.1) is 0 Å². The lowest BCUT2D eigenvalue weighted by atomic mass is 9.83. The SMILES string of the molecule is O=C1CCC2CN(C(=O)CCOc3cccc(Br)c3)c3cccc1c32. The molecule has 0 aromatic heterocycles. The molecular weight excluding hydrogens is 382 g/mol. The minimum Gasteiger partial charge on any atom is -0.493 e. The van der Waals surface area contributed by atoms with Gasteiger partial charge in [0.25, 0.3) is 0 Å². The van der Waals surface area contributed by atoms with Gasteiger partial charge in [-0.1, -0.05) is 34.1 Å². The van der Waals surface area contributed by atoms with Crippen molar-refractivity contribution in [3.8, 4) is 5.75 Å². The molecule has 0 saturated carbocycles. The van der Waals surface area contributed by atoms with Crippen molar-refractivity contribution in [3.63, 3.8) is 0 Å². The molecule has 4 rings (SSSR count). The van der Waals surface area contributed by atoms with Gasteiger partial charge in [-0.15, -0.1) is 0 Å². The van der Waals surface area contributed by atoms with Crippen LogP contribution in [-0.4, -0.2) is 24.8 Å². The Bertz CT molecular complexity index is 849. The monoisotopic (exact) mass is 399 g/mol. The molecule has 0 bridgehead atoms. The summed E-state index contributed by atoms with van der Waals surface area (Å²) in [6, 6.07) is 13.3. The van der Waals surface area contributed by atoms with Gasteiger partial charge >= 0.3 is 0 Å². The average molecular weight is 400 g/mol. The quantitative estimate of drug-likeness (QED) is 0.768. The van der Waals surface area contributed by atoms with E-state index in [9.17, 15) is 9.59 Å². The van der Waals surface area contributed by atoms with Gasteiger partial charge in [0.1, 0.15) is 5.75 Å². The maximum Gasteiger partial charge on any atom is 0.230 e. The van der Waals surface area contributed by atoms with Gasteiger partial charge in [-0.3, -0.25) is 9.59 Å². The number of benzene rings is 2. The molecule has 2 aromatic carbocycles. The zero-order valence-corrected chi connectivity index (χ0v) is 15.3. The highest BCUT2D eigenvalue weighted by atomic mass is 79.9. The molecule has 2 aliphatic rings. The maximum atomic E-state index is 12.7. The lowest BCUT2D eigenvalue weighted by Gasteiger charge is -2.18. The molecular formula is C20H18BrNO3. The molecule has 1 amide bonds. The van der Waals surface area contributed by atoms with Gasteiger partial charge in [-0.25, -0.2) is 0 Å². The number of hydrogen-bond donors (Lipinski definition) is 0. The van der Waals surface area contributed by atoms with E-state index in [-0.39, 0.29) is 11.7 Å². The Hall–Kier alpha value is -2.14. The fraction of sp³-hybridized carbons (Fsp3) is 0.300. The van der Waals surface area contributed by atoms with Crippen LogP contribution in [0.4, 0.5) is 5.69 Å². The molecule has 0 saturated heterocycles. The lowest BCUT2D eigenvalue weighted by molar-refractivity contribution is -0.119. The van der Waals surface area contributed by atoms with E-state index in [2.05, 4.69) is 15.9 Å². The number of anilines is 1. The van der Waals surface area contributed by atoms with Gasteiger partial charge in [-0.05, 0) is 36.2 Å². The van der Waals surface area contributed by atoms with E-state index >= 15 is 0 Å². The molecule has 0 spiro atoms. The number of ketones is 1. The smallest absolute Gasteiger partial charge is 0.230 e. The summed E-state index contributed by atoms with van der Waals surface area (Å²) in [6.07, 6.45) is 1.73. The number of halogens is 1. The molecule has 0 N–H and O–H groups in total. The van der Waals surface area contributed by atoms with E-state index in [1.807, 2.05) is 47.4 Å². The summed E-state index contributed by atoms with van der Waals surface area (Å²) in [5.41, 5.74) is 2.78. The van der Waals surface area contributed by atoms with Crippen LogP contribution in [0.5, 0.6) is 5.75 Å². The number of ether oxygens (including phenoxy) is 1. The van der Waals surface area contributed by atoms with Crippen LogP contribution in [-0.2, 0) is 4.79 Å². The summed E-state index contributed by atoms with van der Waals surface area (Å²) in [7, 11) is 0. The second-order valence-corrected chi connectivity index (χ2v) is 7.37. The van der Waals surface area contributed by atoms with E-state index in [0.29, 0.717) is 31.9 Å². The first kappa shape index (κ1) is 16.3. The second-order valence-electron chi connectivity index (χ2n) is 6.46. The molecule has 1 aliphatic heterocycles. The average Bonchev–Trinajstić information content (AvgIpc) is 2.98. The Balaban J connectivity index is 1.45. The van der Waals surface area contributed by atoms with Crippen LogP contribution < -0.4 is 9.64 Å². The molecule has 1 unspecified atom stereocenters. The molecule has 1 aliphatic carbocycles. The van der Waals surface area contributed by atoms with E-state index in [1.54, 1.807) is 0 Å². The number of carbonyl (C=O) groups is 2. The first-order valence-corrected chi connectivity index (χ1v) is 9.27. The predicted octanol–water partition coefficient (Wildman–Crippen LogP) is 4.32. The van der Waals surface area contributed by atoms with Gasteiger partial charge < -0.3 is 9.64 Å². The first-order chi connectivity index (χ1) is 12.1. The number of rotatable bonds is 4. The van der Waals surface area contributed by atoms with E-state index < -0.39 is 0 Å². The fourth-order valence-corrected chi connectivity index (χ4v) is 4.11. The van der Waals surface area contributed by atoms with Crippen molar-refractivity contribution in [2.45, 2.75) is 25.2 Å². The number of hydrogen-bond acceptors (Lipinski definition) is 3. The van der Waals surface area contributed by atoms with E-state index in [4.69, 9.17) is 4.74 Å². The minimum absolute atomic E-state index is 0.0465. The topological polar surface area (TPSA) is 46.6 Å². The van der Waals surface area contributed by atoms with E-state index in [1.165, 1.54) is 0 Å². The summed E-state index contributed by atoms with van der Waals surface area (Å²) in [4.78, 5) is 26.6. The van der Waals surface area contributed by atoms with Crippen molar-refractivity contribution in [3.05, 3.63) is 58.1 Å². The Kier molecular flexibility index (Phi) is 4.34. The lowest BCUT2D eigenvalue weighted by Crippen LogP contribution is -2.31. The van der Waals surface area contributed by atoms with Gasteiger partial charge in [0, 0.05) is 34.6 Å². The van der Waals surface area contributed by atoms with Gasteiger partial charge in [0.15, 0.2) is 5.78 Å². The van der Waals surface area contributed by atoms with Crippen molar-refractivity contribution < 1.29 is 14.3 Å². The molecule has 0 radical (unpaired) electrons. The van der Waals surface area contributed by atoms with Gasteiger partial charge in [0.05, 0.1) is 13.0 Å². The summed E-state index contributed by atoms with van der Waals surface area (Å²) in [6.45, 7) is 1.01. The van der Waals surface area contributed by atoms with Crippen LogP contribution >= 0.6 is 15.9 Å². The molecule has 25 heavy (non-hydrogen) atoms. The summed E-state index contributed by atoms with van der Waals surface area (Å²) in [5.74, 6) is 1.28. The zero-order valence-electron chi connectivity index (χ0n) is 13.7. The predicted molar refractivity (Wildman–Crippen MR) is 99.4 cm³/mol. The molecule has 1 atom stereocenters. The van der Waals surface area contributed by atoms with Crippen molar-refractivity contribution in [1.82, 2.24) is 0 Å². The Morgan fingerprint density at radius 2 is 2.08 bits per heavy atom. The third-order valence-electron chi connectivity index (χ3n) is 4.89. The van der Waals surface area contributed by atoms with Crippen LogP contribution in [0.2, 0.25) is 0 Å². The fourth-order valence-electron chi connectivity index (χ4n) is 3.73. The van der Waals surface area contributed by atoms with Crippen LogP contribution in [0.25, 0.3) is 0 Å². The highest BCUT2D eigenvalue weighted by Gasteiger charge is 2.37. The summed E-state index contributed by atoms with van der Waals surface area (Å²) in [5, 5.41) is 0. The summed E-state index contributed by atoms with van der Waals surface area (Å²) < 4.78 is 6.63. The highest BCUT2D eigenvalue weighted by Crippen LogP contribution is 2.44. The first-order valence-electron chi connectivity index (χ1n) is 8.48. The zero-order chi connectivity index (χ0) is 17.4. The Labute approximate surface area is 154 Å². The number of nitrogens with zero attached hydrogens (tertiary/aromatic N) is 1. The molecule has 5 heteroatoms. The molecule has 4 nitrogen and oxygen atoms in total. The number of carbonyl (C=O) groups excluding carboxylic acids is 2. The minimum atomic E-state index is 0.0465. The number of amides is 1. The third kappa shape index (κ3) is 3.09. The standard InChI is InChI=1S/C20H18BrNO3/c21-14-3-1-4-15(11-14)25-10-9-19(24)22-12-13-7-8-18(23)16-5-2-6-17(22)20(13)16/h1-6,11,13H,7-10,12H2. The number of Topliss-reactive ketones (excluding diaryl/α,β-unsaturated/α-hetero) is 1. The largest absolute Gasteiger partial charge is 0.493 e. The molecule has 128 valence electrons. The highest BCUT2D eigenvalue weighted by molar-refractivity contribution is 9.10. The van der Waals surface area contributed by atoms with Gasteiger partial charge in [-0.2, -0.15) is 0 Å². The Morgan fingerprint density at radius 1 is 1.24 bits per heavy atom. The summed E-state index contributed by atoms with van der Waals surface area (Å²) >= 11 is 3.40. The van der Waals surface area contributed by atoms with Crippen molar-refractivity contribution in [2.75, 3.05) is 18.1 Å². The van der Waals surface area contributed by atoms with Crippen LogP contribution in [0.15, 0.2) is 46.9 Å². The van der Waals surface area contributed by atoms with Crippen molar-refractivity contribution >= 4 is 33.3 Å². The molecule has 0 fully saturated rings. The van der Waals surface area contributed by atoms with Crippen molar-refractivity contribution in [2.24, 2.45) is 0 Å². The van der Waals surface area contributed by atoms with Crippen LogP contribution in [0.3, 0.4) is 0 Å². The Morgan fingerprint density at radius 3 is 2.92 bits per heavy atom. The maximum absolute atomic E-state index is 12.7. The van der Waals surface area contributed by atoms with E-state index in [0.717, 1.165) is 33.5 Å². The molecule has 2 aromatic rings. The van der Waals surface area contributed by atoms with Crippen molar-refractivity contribution in [1.29, 1.82) is 0 Å².